The molecule has 0 saturated carbocycles. The first-order valence-electron chi connectivity index (χ1n) is 5.82. The van der Waals surface area contributed by atoms with Crippen LogP contribution in [0.25, 0.3) is 0 Å². The molecule has 2 aromatic heterocycles. The zero-order valence-electron chi connectivity index (χ0n) is 11.4. The van der Waals surface area contributed by atoms with Crippen molar-refractivity contribution in [1.82, 2.24) is 15.0 Å². The average molecular weight is 277 g/mol. The van der Waals surface area contributed by atoms with E-state index in [1.165, 1.54) is 33.7 Å². The molecule has 2 rings (SSSR count). The minimum atomic E-state index is -1.04. The van der Waals surface area contributed by atoms with Gasteiger partial charge >= 0.3 is 0 Å². The molecule has 1 N–H and O–H groups in total. The van der Waals surface area contributed by atoms with Crippen LogP contribution in [0, 0.1) is 0 Å². The van der Waals surface area contributed by atoms with Gasteiger partial charge in [0.05, 0.1) is 33.7 Å². The maximum atomic E-state index is 10.4. The van der Waals surface area contributed by atoms with Crippen molar-refractivity contribution in [1.29, 1.82) is 0 Å². The number of hydrogen-bond donors (Lipinski definition) is 1. The van der Waals surface area contributed by atoms with Gasteiger partial charge in [-0.2, -0.15) is 4.98 Å². The van der Waals surface area contributed by atoms with Crippen LogP contribution in [-0.2, 0) is 0 Å². The molecule has 0 fully saturated rings. The number of nitrogens with zero attached hydrogens (tertiary/aromatic N) is 3. The smallest absolute Gasteiger partial charge is 0.241 e. The third kappa shape index (κ3) is 2.62. The third-order valence-electron chi connectivity index (χ3n) is 2.74. The second-order valence-corrected chi connectivity index (χ2v) is 3.83. The van der Waals surface area contributed by atoms with E-state index in [1.807, 2.05) is 0 Å². The fourth-order valence-corrected chi connectivity index (χ4v) is 1.74. The van der Waals surface area contributed by atoms with E-state index in [4.69, 9.17) is 14.2 Å². The molecule has 0 saturated heterocycles. The van der Waals surface area contributed by atoms with Crippen LogP contribution in [0.2, 0.25) is 0 Å². The van der Waals surface area contributed by atoms with Crippen molar-refractivity contribution >= 4 is 0 Å². The largest absolute Gasteiger partial charge is 0.495 e. The van der Waals surface area contributed by atoms with Crippen molar-refractivity contribution in [2.45, 2.75) is 6.10 Å². The summed E-state index contributed by atoms with van der Waals surface area (Å²) in [5, 5.41) is 10.4. The Morgan fingerprint density at radius 2 is 1.90 bits per heavy atom. The Morgan fingerprint density at radius 3 is 2.55 bits per heavy atom. The van der Waals surface area contributed by atoms with Crippen LogP contribution in [-0.4, -0.2) is 41.4 Å². The van der Waals surface area contributed by atoms with E-state index in [9.17, 15) is 5.11 Å². The van der Waals surface area contributed by atoms with Crippen LogP contribution in [0.1, 0.15) is 17.4 Å². The maximum Gasteiger partial charge on any atom is 0.241 e. The van der Waals surface area contributed by atoms with Gasteiger partial charge < -0.3 is 19.3 Å². The summed E-state index contributed by atoms with van der Waals surface area (Å²) in [5.74, 6) is 0.954. The fourth-order valence-electron chi connectivity index (χ4n) is 1.74. The summed E-state index contributed by atoms with van der Waals surface area (Å²) in [6.45, 7) is 0. The molecule has 0 aliphatic heterocycles. The lowest BCUT2D eigenvalue weighted by Gasteiger charge is -2.15. The molecule has 0 aliphatic rings. The lowest BCUT2D eigenvalue weighted by Crippen LogP contribution is -2.08. The molecule has 0 spiro atoms. The Kier molecular flexibility index (Phi) is 4.31. The molecule has 0 aromatic carbocycles. The SMILES string of the molecule is COc1cnc(C(O)c2ccncc2OC)c(OC)n1. The van der Waals surface area contributed by atoms with Gasteiger partial charge in [-0.25, -0.2) is 4.98 Å². The predicted octanol–water partition coefficient (Wildman–Crippen LogP) is 0.979. The number of rotatable bonds is 5. The third-order valence-corrected chi connectivity index (χ3v) is 2.74. The highest BCUT2D eigenvalue weighted by Gasteiger charge is 2.22. The van der Waals surface area contributed by atoms with Gasteiger partial charge in [-0.15, -0.1) is 0 Å². The maximum absolute atomic E-state index is 10.4. The van der Waals surface area contributed by atoms with Crippen LogP contribution in [0.15, 0.2) is 24.7 Å². The molecule has 7 heteroatoms. The molecule has 1 atom stereocenters. The molecule has 20 heavy (non-hydrogen) atoms. The molecular formula is C13H15N3O4. The highest BCUT2D eigenvalue weighted by Crippen LogP contribution is 2.32. The monoisotopic (exact) mass is 277 g/mol. The summed E-state index contributed by atoms with van der Waals surface area (Å²) in [6, 6.07) is 1.65. The van der Waals surface area contributed by atoms with Crippen LogP contribution in [0.4, 0.5) is 0 Å². The highest BCUT2D eigenvalue weighted by atomic mass is 16.5. The lowest BCUT2D eigenvalue weighted by atomic mass is 10.1. The van der Waals surface area contributed by atoms with E-state index in [-0.39, 0.29) is 11.6 Å². The molecule has 106 valence electrons. The second kappa shape index (κ2) is 6.16. The van der Waals surface area contributed by atoms with Crippen LogP contribution < -0.4 is 14.2 Å². The Labute approximate surface area is 116 Å². The van der Waals surface area contributed by atoms with Gasteiger partial charge in [-0.3, -0.25) is 4.98 Å². The number of ether oxygens (including phenoxy) is 3. The first-order valence-corrected chi connectivity index (χ1v) is 5.82. The number of pyridine rings is 1. The predicted molar refractivity (Wildman–Crippen MR) is 70.0 cm³/mol. The molecule has 0 amide bonds. The summed E-state index contributed by atoms with van der Waals surface area (Å²) < 4.78 is 15.3. The molecule has 1 unspecified atom stereocenters. The molecule has 7 nitrogen and oxygen atoms in total. The molecule has 2 heterocycles. The molecule has 0 radical (unpaired) electrons. The minimum Gasteiger partial charge on any atom is -0.495 e. The molecular weight excluding hydrogens is 262 g/mol. The van der Waals surface area contributed by atoms with Crippen LogP contribution >= 0.6 is 0 Å². The number of hydrogen-bond acceptors (Lipinski definition) is 7. The Morgan fingerprint density at radius 1 is 1.10 bits per heavy atom. The minimum absolute atomic E-state index is 0.190. The van der Waals surface area contributed by atoms with Gasteiger partial charge in [-0.05, 0) is 6.07 Å². The summed E-state index contributed by atoms with van der Waals surface area (Å²) in [5.41, 5.74) is 0.804. The number of aromatic nitrogens is 3. The van der Waals surface area contributed by atoms with E-state index in [2.05, 4.69) is 15.0 Å². The quantitative estimate of drug-likeness (QED) is 0.871. The number of aliphatic hydroxyl groups excluding tert-OH is 1. The fraction of sp³-hybridized carbons (Fsp3) is 0.308. The van der Waals surface area contributed by atoms with Crippen molar-refractivity contribution < 1.29 is 19.3 Å². The van der Waals surface area contributed by atoms with Crippen LogP contribution in [0.5, 0.6) is 17.5 Å². The Bertz CT molecular complexity index is 592. The lowest BCUT2D eigenvalue weighted by molar-refractivity contribution is 0.201. The van der Waals surface area contributed by atoms with Crippen molar-refractivity contribution in [2.75, 3.05) is 21.3 Å². The first-order chi connectivity index (χ1) is 9.71. The van der Waals surface area contributed by atoms with E-state index in [0.29, 0.717) is 17.2 Å². The zero-order chi connectivity index (χ0) is 14.5. The van der Waals surface area contributed by atoms with Gasteiger partial charge in [0.1, 0.15) is 17.5 Å². The zero-order valence-corrected chi connectivity index (χ0v) is 11.4. The molecule has 0 aliphatic carbocycles. The summed E-state index contributed by atoms with van der Waals surface area (Å²) in [7, 11) is 4.43. The van der Waals surface area contributed by atoms with Crippen molar-refractivity contribution in [2.24, 2.45) is 0 Å². The topological polar surface area (TPSA) is 86.6 Å². The molecule has 0 bridgehead atoms. The number of aliphatic hydroxyl groups is 1. The average Bonchev–Trinajstić information content (AvgIpc) is 2.53. The summed E-state index contributed by atoms with van der Waals surface area (Å²) >= 11 is 0. The Balaban J connectivity index is 2.45. The van der Waals surface area contributed by atoms with Gasteiger partial charge in [0, 0.05) is 11.8 Å². The van der Waals surface area contributed by atoms with Gasteiger partial charge in [0.25, 0.3) is 0 Å². The standard InChI is InChI=1S/C13H15N3O4/c1-18-9-6-14-5-4-8(9)12(17)11-13(20-3)16-10(19-2)7-15-11/h4-7,12,17H,1-3H3. The van der Waals surface area contributed by atoms with E-state index >= 15 is 0 Å². The van der Waals surface area contributed by atoms with Gasteiger partial charge in [-0.1, -0.05) is 0 Å². The van der Waals surface area contributed by atoms with Crippen molar-refractivity contribution in [3.05, 3.63) is 35.9 Å². The second-order valence-electron chi connectivity index (χ2n) is 3.83. The van der Waals surface area contributed by atoms with Gasteiger partial charge in [0.15, 0.2) is 0 Å². The summed E-state index contributed by atoms with van der Waals surface area (Å²) in [6.07, 6.45) is 3.45. The molecule has 2 aromatic rings. The van der Waals surface area contributed by atoms with Crippen molar-refractivity contribution in [3.63, 3.8) is 0 Å². The van der Waals surface area contributed by atoms with Crippen LogP contribution in [0.3, 0.4) is 0 Å². The normalized spacial score (nSPS) is 11.8. The van der Waals surface area contributed by atoms with E-state index in [0.717, 1.165) is 0 Å². The van der Waals surface area contributed by atoms with Crippen molar-refractivity contribution in [3.8, 4) is 17.5 Å². The number of methoxy groups -OCH3 is 3. The summed E-state index contributed by atoms with van der Waals surface area (Å²) in [4.78, 5) is 12.2. The van der Waals surface area contributed by atoms with E-state index < -0.39 is 6.10 Å². The first kappa shape index (κ1) is 14.0. The highest BCUT2D eigenvalue weighted by molar-refractivity contribution is 5.39. The van der Waals surface area contributed by atoms with E-state index in [1.54, 1.807) is 12.3 Å². The van der Waals surface area contributed by atoms with Gasteiger partial charge in [0.2, 0.25) is 11.8 Å². The Hall–Kier alpha value is -2.41.